The molecule has 40 heavy (non-hydrogen) atoms. The van der Waals surface area contributed by atoms with E-state index in [2.05, 4.69) is 20.1 Å². The van der Waals surface area contributed by atoms with E-state index in [1.165, 1.54) is 23.9 Å². The third-order valence-corrected chi connectivity index (χ3v) is 7.65. The first-order chi connectivity index (χ1) is 19.1. The zero-order chi connectivity index (χ0) is 28.2. The minimum Gasteiger partial charge on any atom is -0.479 e. The van der Waals surface area contributed by atoms with Crippen molar-refractivity contribution in [2.75, 3.05) is 20.2 Å². The standard InChI is InChI=1S/C28H27ClFN7O3/c1-28(2,31)20-11-21(34-23(22(20)29)15-5-7-16(30)8-6-15)40-24-17-12-36(13-18(17)24)26(38)19-14-37(35-25(19)39-3)27-32-9-4-10-33-27/h4-11,14,17-18,24H,12-13,31H2,1-3H3/t17-,18+,24?. The van der Waals surface area contributed by atoms with Gasteiger partial charge in [0.15, 0.2) is 0 Å². The molecule has 1 amide bonds. The molecule has 206 valence electrons. The Hall–Kier alpha value is -4.09. The molecular weight excluding hydrogens is 537 g/mol. The lowest BCUT2D eigenvalue weighted by Gasteiger charge is -2.24. The van der Waals surface area contributed by atoms with Gasteiger partial charge in [0.05, 0.1) is 24.0 Å². The predicted molar refractivity (Wildman–Crippen MR) is 145 cm³/mol. The lowest BCUT2D eigenvalue weighted by atomic mass is 9.94. The second-order valence-electron chi connectivity index (χ2n) is 10.6. The second-order valence-corrected chi connectivity index (χ2v) is 10.9. The van der Waals surface area contributed by atoms with E-state index in [1.54, 1.807) is 47.8 Å². The first kappa shape index (κ1) is 26.1. The average Bonchev–Trinajstić information content (AvgIpc) is 3.27. The van der Waals surface area contributed by atoms with Gasteiger partial charge in [-0.05, 0) is 49.7 Å². The smallest absolute Gasteiger partial charge is 0.261 e. The van der Waals surface area contributed by atoms with E-state index in [-0.39, 0.29) is 35.5 Å². The molecule has 1 saturated carbocycles. The summed E-state index contributed by atoms with van der Waals surface area (Å²) in [5.41, 5.74) is 7.79. The van der Waals surface area contributed by atoms with Crippen molar-refractivity contribution in [1.82, 2.24) is 29.6 Å². The van der Waals surface area contributed by atoms with Crippen molar-refractivity contribution in [3.63, 3.8) is 0 Å². The Labute approximate surface area is 234 Å². The van der Waals surface area contributed by atoms with Crippen LogP contribution in [-0.2, 0) is 5.54 Å². The summed E-state index contributed by atoms with van der Waals surface area (Å²) in [7, 11) is 1.47. The number of carbonyl (C=O) groups excluding carboxylic acids is 1. The van der Waals surface area contributed by atoms with E-state index in [0.29, 0.717) is 52.3 Å². The number of amides is 1. The number of halogens is 2. The third kappa shape index (κ3) is 4.75. The van der Waals surface area contributed by atoms with Gasteiger partial charge in [-0.15, -0.1) is 5.10 Å². The molecule has 1 saturated heterocycles. The Bertz CT molecular complexity index is 1560. The maximum atomic E-state index is 13.5. The molecule has 3 atom stereocenters. The number of pyridine rings is 1. The first-order valence-electron chi connectivity index (χ1n) is 12.8. The molecular formula is C28H27ClFN7O3. The molecule has 1 aromatic carbocycles. The number of likely N-dealkylation sites (tertiary alicyclic amines) is 1. The SMILES string of the molecule is COc1nn(-c2ncccn2)cc1C(=O)N1C[C@@H]2C(Oc3cc(C(C)(C)N)c(Cl)c(-c4ccc(F)cc4)n3)[C@@H]2C1. The molecule has 3 aromatic heterocycles. The molecule has 0 spiro atoms. The summed E-state index contributed by atoms with van der Waals surface area (Å²) < 4.78 is 26.6. The first-order valence-corrected chi connectivity index (χ1v) is 13.1. The minimum atomic E-state index is -0.760. The monoisotopic (exact) mass is 563 g/mol. The van der Waals surface area contributed by atoms with Crippen LogP contribution in [0.3, 0.4) is 0 Å². The van der Waals surface area contributed by atoms with Gasteiger partial charge < -0.3 is 20.1 Å². The number of fused-ring (bicyclic) bond motifs is 1. The predicted octanol–water partition coefficient (Wildman–Crippen LogP) is 3.87. The van der Waals surface area contributed by atoms with E-state index < -0.39 is 5.54 Å². The van der Waals surface area contributed by atoms with Crippen molar-refractivity contribution >= 4 is 17.5 Å². The van der Waals surface area contributed by atoms with Crippen molar-refractivity contribution in [2.24, 2.45) is 17.6 Å². The summed E-state index contributed by atoms with van der Waals surface area (Å²) in [5, 5.41) is 4.71. The van der Waals surface area contributed by atoms with Crippen molar-refractivity contribution in [3.8, 4) is 29.0 Å². The maximum Gasteiger partial charge on any atom is 0.261 e. The van der Waals surface area contributed by atoms with Crippen molar-refractivity contribution in [3.05, 3.63) is 77.0 Å². The number of hydrogen-bond acceptors (Lipinski definition) is 8. The quantitative estimate of drug-likeness (QED) is 0.360. The van der Waals surface area contributed by atoms with Gasteiger partial charge >= 0.3 is 0 Å². The van der Waals surface area contributed by atoms with Crippen LogP contribution in [0.5, 0.6) is 11.8 Å². The molecule has 2 N–H and O–H groups in total. The van der Waals surface area contributed by atoms with Crippen molar-refractivity contribution in [2.45, 2.75) is 25.5 Å². The van der Waals surface area contributed by atoms with Gasteiger partial charge in [0.25, 0.3) is 11.9 Å². The van der Waals surface area contributed by atoms with Crippen molar-refractivity contribution in [1.29, 1.82) is 0 Å². The largest absolute Gasteiger partial charge is 0.479 e. The Morgan fingerprint density at radius 3 is 2.45 bits per heavy atom. The van der Waals surface area contributed by atoms with Crippen LogP contribution in [-0.4, -0.2) is 61.8 Å². The van der Waals surface area contributed by atoms with Gasteiger partial charge in [-0.1, -0.05) is 11.6 Å². The lowest BCUT2D eigenvalue weighted by Crippen LogP contribution is -2.33. The molecule has 0 radical (unpaired) electrons. The van der Waals surface area contributed by atoms with Crippen LogP contribution >= 0.6 is 11.6 Å². The molecule has 10 nitrogen and oxygen atoms in total. The zero-order valence-corrected chi connectivity index (χ0v) is 22.8. The van der Waals surface area contributed by atoms with Crippen LogP contribution in [0.2, 0.25) is 5.02 Å². The zero-order valence-electron chi connectivity index (χ0n) is 22.1. The summed E-state index contributed by atoms with van der Waals surface area (Å²) in [6.07, 6.45) is 4.68. The van der Waals surface area contributed by atoms with Crippen LogP contribution in [0.25, 0.3) is 17.2 Å². The van der Waals surface area contributed by atoms with Crippen LogP contribution in [0.15, 0.2) is 55.0 Å². The number of nitrogens with two attached hydrogens (primary N) is 1. The molecule has 4 aromatic rings. The van der Waals surface area contributed by atoms with Gasteiger partial charge in [0, 0.05) is 54.5 Å². The van der Waals surface area contributed by atoms with E-state index in [4.69, 9.17) is 26.8 Å². The molecule has 1 unspecified atom stereocenters. The van der Waals surface area contributed by atoms with E-state index in [1.807, 2.05) is 13.8 Å². The molecule has 6 rings (SSSR count). The normalized spacial score (nSPS) is 19.9. The fourth-order valence-corrected chi connectivity index (χ4v) is 5.57. The summed E-state index contributed by atoms with van der Waals surface area (Å²) in [6, 6.07) is 9.42. The summed E-state index contributed by atoms with van der Waals surface area (Å²) in [6.45, 7) is 4.75. The van der Waals surface area contributed by atoms with Gasteiger partial charge in [-0.3, -0.25) is 4.79 Å². The number of benzene rings is 1. The van der Waals surface area contributed by atoms with Gasteiger partial charge in [-0.25, -0.2) is 24.0 Å². The number of ether oxygens (including phenoxy) is 2. The summed E-state index contributed by atoms with van der Waals surface area (Å²) >= 11 is 6.70. The minimum absolute atomic E-state index is 0.102. The van der Waals surface area contributed by atoms with E-state index >= 15 is 0 Å². The second kappa shape index (κ2) is 9.83. The molecule has 2 aliphatic rings. The molecule has 0 bridgehead atoms. The Balaban J connectivity index is 1.19. The van der Waals surface area contributed by atoms with Crippen LogP contribution < -0.4 is 15.2 Å². The molecule has 2 fully saturated rings. The Kier molecular flexibility index (Phi) is 6.42. The topological polar surface area (TPSA) is 121 Å². The van der Waals surface area contributed by atoms with Gasteiger partial charge in [0.1, 0.15) is 17.5 Å². The summed E-state index contributed by atoms with van der Waals surface area (Å²) in [5.74, 6) is 0.720. The maximum absolute atomic E-state index is 13.5. The van der Waals surface area contributed by atoms with Crippen LogP contribution in [0.1, 0.15) is 29.8 Å². The molecule has 1 aliphatic carbocycles. The fourth-order valence-electron chi connectivity index (χ4n) is 5.12. The van der Waals surface area contributed by atoms with Crippen LogP contribution in [0, 0.1) is 17.7 Å². The third-order valence-electron chi connectivity index (χ3n) is 7.27. The highest BCUT2D eigenvalue weighted by atomic mass is 35.5. The highest BCUT2D eigenvalue weighted by molar-refractivity contribution is 6.34. The van der Waals surface area contributed by atoms with Crippen LogP contribution in [0.4, 0.5) is 4.39 Å². The lowest BCUT2D eigenvalue weighted by molar-refractivity contribution is 0.0748. The highest BCUT2D eigenvalue weighted by Crippen LogP contribution is 2.49. The summed E-state index contributed by atoms with van der Waals surface area (Å²) in [4.78, 5) is 28.1. The number of rotatable bonds is 7. The Morgan fingerprint density at radius 1 is 1.15 bits per heavy atom. The highest BCUT2D eigenvalue weighted by Gasteiger charge is 2.59. The van der Waals surface area contributed by atoms with Gasteiger partial charge in [-0.2, -0.15) is 0 Å². The molecule has 1 aliphatic heterocycles. The number of aromatic nitrogens is 5. The number of methoxy groups -OCH3 is 1. The number of carbonyl (C=O) groups is 1. The number of piperidine rings is 1. The van der Waals surface area contributed by atoms with E-state index in [0.717, 1.165) is 0 Å². The van der Waals surface area contributed by atoms with Gasteiger partial charge in [0.2, 0.25) is 11.8 Å². The number of nitrogens with zero attached hydrogens (tertiary/aromatic N) is 6. The van der Waals surface area contributed by atoms with Crippen molar-refractivity contribution < 1.29 is 18.7 Å². The van der Waals surface area contributed by atoms with E-state index in [9.17, 15) is 9.18 Å². The Morgan fingerprint density at radius 2 is 1.82 bits per heavy atom. The molecule has 4 heterocycles. The fraction of sp³-hybridized carbons (Fsp3) is 0.321. The average molecular weight is 564 g/mol. The molecule has 12 heteroatoms. The number of hydrogen-bond donors (Lipinski definition) is 1.